The van der Waals surface area contributed by atoms with E-state index in [1.54, 1.807) is 12.1 Å². The highest BCUT2D eigenvalue weighted by molar-refractivity contribution is 6.30. The summed E-state index contributed by atoms with van der Waals surface area (Å²) in [7, 11) is 0. The van der Waals surface area contributed by atoms with Crippen molar-refractivity contribution < 1.29 is 9.18 Å². The molecular weight excluding hydrogens is 413 g/mol. The molecule has 4 nitrogen and oxygen atoms in total. The number of carbonyl (C=O) groups excluding carboxylic acids is 1. The van der Waals surface area contributed by atoms with Crippen LogP contribution in [0.2, 0.25) is 5.02 Å². The van der Waals surface area contributed by atoms with Gasteiger partial charge >= 0.3 is 6.03 Å². The molecule has 4 rings (SSSR count). The van der Waals surface area contributed by atoms with E-state index in [4.69, 9.17) is 11.6 Å². The van der Waals surface area contributed by atoms with Crippen LogP contribution < -0.4 is 10.6 Å². The van der Waals surface area contributed by atoms with E-state index in [0.29, 0.717) is 18.4 Å². The molecule has 1 aliphatic carbocycles. The molecule has 1 saturated heterocycles. The lowest BCUT2D eigenvalue weighted by atomic mass is 9.89. The lowest BCUT2D eigenvalue weighted by Gasteiger charge is -2.33. The molecule has 2 aliphatic rings. The van der Waals surface area contributed by atoms with Gasteiger partial charge in [-0.05, 0) is 92.4 Å². The van der Waals surface area contributed by atoms with Crippen molar-refractivity contribution in [2.75, 3.05) is 19.6 Å². The monoisotopic (exact) mass is 443 g/mol. The first-order valence-corrected chi connectivity index (χ1v) is 11.7. The van der Waals surface area contributed by atoms with Crippen molar-refractivity contribution in [3.63, 3.8) is 0 Å². The van der Waals surface area contributed by atoms with Crippen LogP contribution >= 0.6 is 11.6 Å². The zero-order valence-electron chi connectivity index (χ0n) is 17.8. The fourth-order valence-electron chi connectivity index (χ4n) is 4.94. The fraction of sp³-hybridized carbons (Fsp3) is 0.480. The number of hydrogen-bond acceptors (Lipinski definition) is 2. The Bertz CT molecular complexity index is 850. The van der Waals surface area contributed by atoms with Crippen LogP contribution in [0.5, 0.6) is 0 Å². The molecule has 1 heterocycles. The zero-order valence-corrected chi connectivity index (χ0v) is 18.6. The van der Waals surface area contributed by atoms with E-state index in [-0.39, 0.29) is 17.9 Å². The highest BCUT2D eigenvalue weighted by Gasteiger charge is 2.29. The van der Waals surface area contributed by atoms with Gasteiger partial charge in [-0.15, -0.1) is 0 Å². The molecule has 166 valence electrons. The van der Waals surface area contributed by atoms with E-state index in [9.17, 15) is 9.18 Å². The maximum Gasteiger partial charge on any atom is 0.315 e. The predicted octanol–water partition coefficient (Wildman–Crippen LogP) is 5.33. The molecule has 0 radical (unpaired) electrons. The molecule has 2 aromatic rings. The van der Waals surface area contributed by atoms with E-state index in [1.807, 2.05) is 12.1 Å². The molecule has 1 saturated carbocycles. The largest absolute Gasteiger partial charge is 0.335 e. The Morgan fingerprint density at radius 2 is 1.71 bits per heavy atom. The molecule has 2 fully saturated rings. The van der Waals surface area contributed by atoms with E-state index in [1.165, 1.54) is 37.0 Å². The van der Waals surface area contributed by atoms with Gasteiger partial charge in [0.2, 0.25) is 0 Å². The van der Waals surface area contributed by atoms with Crippen molar-refractivity contribution in [1.29, 1.82) is 0 Å². The summed E-state index contributed by atoms with van der Waals surface area (Å²) in [5, 5.41) is 6.78. The first-order valence-electron chi connectivity index (χ1n) is 11.3. The molecule has 31 heavy (non-hydrogen) atoms. The Morgan fingerprint density at radius 3 is 2.42 bits per heavy atom. The van der Waals surface area contributed by atoms with Gasteiger partial charge in [-0.3, -0.25) is 0 Å². The highest BCUT2D eigenvalue weighted by Crippen LogP contribution is 2.31. The van der Waals surface area contributed by atoms with Crippen LogP contribution in [0, 0.1) is 11.7 Å². The number of nitrogens with zero attached hydrogens (tertiary/aromatic N) is 1. The normalized spacial score (nSPS) is 22.4. The second kappa shape index (κ2) is 10.5. The minimum atomic E-state index is -0.264. The second-order valence-electron chi connectivity index (χ2n) is 8.96. The Labute approximate surface area is 189 Å². The number of carbonyl (C=O) groups is 1. The zero-order chi connectivity index (χ0) is 21.6. The number of halogens is 2. The lowest BCUT2D eigenvalue weighted by molar-refractivity contribution is 0.182. The fourth-order valence-corrected chi connectivity index (χ4v) is 5.07. The van der Waals surface area contributed by atoms with Crippen LogP contribution in [0.1, 0.15) is 49.1 Å². The molecule has 0 bridgehead atoms. The number of benzene rings is 2. The summed E-state index contributed by atoms with van der Waals surface area (Å²) >= 11 is 6.01. The quantitative estimate of drug-likeness (QED) is 0.634. The number of urea groups is 1. The van der Waals surface area contributed by atoms with Crippen LogP contribution in [0.4, 0.5) is 9.18 Å². The minimum Gasteiger partial charge on any atom is -0.335 e. The highest BCUT2D eigenvalue weighted by atomic mass is 35.5. The van der Waals surface area contributed by atoms with Gasteiger partial charge in [-0.25, -0.2) is 9.18 Å². The molecular formula is C25H31ClFN3O. The average Bonchev–Trinajstić information content (AvgIpc) is 3.21. The summed E-state index contributed by atoms with van der Waals surface area (Å²) in [4.78, 5) is 14.8. The van der Waals surface area contributed by atoms with E-state index in [2.05, 4.69) is 27.7 Å². The van der Waals surface area contributed by atoms with Gasteiger partial charge < -0.3 is 15.5 Å². The summed E-state index contributed by atoms with van der Waals surface area (Å²) in [5.74, 6) is 1.02. The van der Waals surface area contributed by atoms with Gasteiger partial charge in [0, 0.05) is 24.2 Å². The van der Waals surface area contributed by atoms with Gasteiger partial charge in [0.05, 0.1) is 0 Å². The van der Waals surface area contributed by atoms with Crippen molar-refractivity contribution in [1.82, 2.24) is 15.5 Å². The molecule has 2 amide bonds. The molecule has 0 spiro atoms. The van der Waals surface area contributed by atoms with E-state index in [0.717, 1.165) is 43.1 Å². The van der Waals surface area contributed by atoms with Crippen molar-refractivity contribution in [2.24, 2.45) is 5.92 Å². The van der Waals surface area contributed by atoms with Gasteiger partial charge in [0.25, 0.3) is 0 Å². The first-order chi connectivity index (χ1) is 15.0. The maximum atomic E-state index is 13.0. The number of nitrogens with one attached hydrogen (secondary N) is 2. The van der Waals surface area contributed by atoms with Crippen molar-refractivity contribution in [3.05, 3.63) is 70.5 Å². The average molecular weight is 444 g/mol. The molecule has 2 N–H and O–H groups in total. The van der Waals surface area contributed by atoms with Gasteiger partial charge in [0.1, 0.15) is 5.82 Å². The van der Waals surface area contributed by atoms with Crippen molar-refractivity contribution >= 4 is 17.6 Å². The Kier molecular flexibility index (Phi) is 7.46. The Hall–Kier alpha value is -2.11. The molecule has 6 heteroatoms. The molecule has 2 aromatic carbocycles. The second-order valence-corrected chi connectivity index (χ2v) is 9.39. The number of piperidine rings is 1. The smallest absolute Gasteiger partial charge is 0.315 e. The third-order valence-corrected chi connectivity index (χ3v) is 6.94. The minimum absolute atomic E-state index is 0.140. The summed E-state index contributed by atoms with van der Waals surface area (Å²) in [6, 6.07) is 14.6. The number of likely N-dealkylation sites (tertiary alicyclic amines) is 1. The van der Waals surface area contributed by atoms with Crippen LogP contribution in [0.25, 0.3) is 0 Å². The summed E-state index contributed by atoms with van der Waals surface area (Å²) in [6.45, 7) is 3.81. The van der Waals surface area contributed by atoms with Crippen molar-refractivity contribution in [2.45, 2.75) is 50.6 Å². The Morgan fingerprint density at radius 1 is 1.00 bits per heavy atom. The van der Waals surface area contributed by atoms with Crippen LogP contribution in [0.15, 0.2) is 48.5 Å². The lowest BCUT2D eigenvalue weighted by Crippen LogP contribution is -2.41. The molecule has 2 atom stereocenters. The predicted molar refractivity (Wildman–Crippen MR) is 123 cm³/mol. The number of rotatable bonds is 6. The molecule has 2 unspecified atom stereocenters. The van der Waals surface area contributed by atoms with E-state index >= 15 is 0 Å². The summed E-state index contributed by atoms with van der Waals surface area (Å²) in [5.41, 5.74) is 2.30. The number of amides is 2. The first kappa shape index (κ1) is 22.1. The number of hydrogen-bond donors (Lipinski definition) is 2. The maximum absolute atomic E-state index is 13.0. The standard InChI is InChI=1S/C25H31ClFN3O/c26-22-6-4-20(5-7-22)21-11-13-30(14-12-21)17-19-3-10-24(15-19)29-25(31)28-16-18-1-8-23(27)9-2-18/h1-2,4-9,19,21,24H,3,10-17H2,(H2,28,29,31). The summed E-state index contributed by atoms with van der Waals surface area (Å²) in [6.07, 6.45) is 5.64. The third kappa shape index (κ3) is 6.44. The topological polar surface area (TPSA) is 44.4 Å². The van der Waals surface area contributed by atoms with Crippen LogP contribution in [-0.2, 0) is 6.54 Å². The third-order valence-electron chi connectivity index (χ3n) is 6.69. The molecule has 0 aromatic heterocycles. The Balaban J connectivity index is 1.14. The van der Waals surface area contributed by atoms with E-state index < -0.39 is 0 Å². The SMILES string of the molecule is O=C(NCc1ccc(F)cc1)NC1CCC(CN2CCC(c3ccc(Cl)cc3)CC2)C1. The van der Waals surface area contributed by atoms with Crippen LogP contribution in [0.3, 0.4) is 0 Å². The van der Waals surface area contributed by atoms with Crippen LogP contribution in [-0.4, -0.2) is 36.6 Å². The summed E-state index contributed by atoms with van der Waals surface area (Å²) < 4.78 is 13.0. The molecule has 1 aliphatic heterocycles. The van der Waals surface area contributed by atoms with Gasteiger partial charge in [-0.2, -0.15) is 0 Å². The van der Waals surface area contributed by atoms with Crippen molar-refractivity contribution in [3.8, 4) is 0 Å². The van der Waals surface area contributed by atoms with Gasteiger partial charge in [-0.1, -0.05) is 35.9 Å². The van der Waals surface area contributed by atoms with Gasteiger partial charge in [0.15, 0.2) is 0 Å².